The summed E-state index contributed by atoms with van der Waals surface area (Å²) in [5.41, 5.74) is 1.43. The van der Waals surface area contributed by atoms with Crippen molar-refractivity contribution in [3.05, 3.63) is 28.8 Å². The van der Waals surface area contributed by atoms with Crippen LogP contribution in [0, 0.1) is 12.8 Å². The summed E-state index contributed by atoms with van der Waals surface area (Å²) < 4.78 is 0. The predicted molar refractivity (Wildman–Crippen MR) is 75.5 cm³/mol. The van der Waals surface area contributed by atoms with E-state index in [1.165, 1.54) is 6.07 Å². The highest BCUT2D eigenvalue weighted by Crippen LogP contribution is 2.47. The Morgan fingerprint density at radius 3 is 2.50 bits per heavy atom. The summed E-state index contributed by atoms with van der Waals surface area (Å²) in [6.45, 7) is 3.73. The molecular formula is C16H16O4. The summed E-state index contributed by atoms with van der Waals surface area (Å²) in [6.07, 6.45) is 0.892. The molecule has 0 saturated carbocycles. The number of Topliss-reactive ketones (excluding diaryl/α,β-unsaturated/α-hetero) is 1. The molecule has 104 valence electrons. The molecule has 0 aromatic heterocycles. The molecule has 0 aliphatic heterocycles. The van der Waals surface area contributed by atoms with Gasteiger partial charge in [-0.2, -0.15) is 0 Å². The second kappa shape index (κ2) is 4.13. The predicted octanol–water partition coefficient (Wildman–Crippen LogP) is 3.03. The number of ketones is 1. The van der Waals surface area contributed by atoms with Crippen molar-refractivity contribution in [3.63, 3.8) is 0 Å². The zero-order valence-electron chi connectivity index (χ0n) is 11.4. The fourth-order valence-electron chi connectivity index (χ4n) is 3.09. The summed E-state index contributed by atoms with van der Waals surface area (Å²) in [5, 5.41) is 31.3. The van der Waals surface area contributed by atoms with Crippen molar-refractivity contribution in [1.82, 2.24) is 0 Å². The summed E-state index contributed by atoms with van der Waals surface area (Å²) in [5.74, 6) is -0.402. The molecule has 1 aliphatic carbocycles. The average Bonchev–Trinajstić information content (AvgIpc) is 2.34. The number of aromatic hydroxyl groups is 3. The van der Waals surface area contributed by atoms with E-state index < -0.39 is 0 Å². The van der Waals surface area contributed by atoms with Crippen LogP contribution in [0.5, 0.6) is 17.2 Å². The number of carbonyl (C=O) groups excluding carboxylic acids is 1. The first kappa shape index (κ1) is 12.8. The van der Waals surface area contributed by atoms with Crippen molar-refractivity contribution in [2.24, 2.45) is 5.92 Å². The van der Waals surface area contributed by atoms with E-state index in [4.69, 9.17) is 0 Å². The van der Waals surface area contributed by atoms with E-state index in [0.717, 1.165) is 5.56 Å². The van der Waals surface area contributed by atoms with E-state index >= 15 is 0 Å². The van der Waals surface area contributed by atoms with Crippen LogP contribution < -0.4 is 0 Å². The molecule has 2 aromatic rings. The molecular weight excluding hydrogens is 256 g/mol. The number of hydrogen-bond acceptors (Lipinski definition) is 4. The SMILES string of the molecule is Cc1cc(O)c2c(O)c3c(c(O)c2c1)C[C@@H](C)CC3=O. The van der Waals surface area contributed by atoms with E-state index in [-0.39, 0.29) is 39.9 Å². The Morgan fingerprint density at radius 1 is 1.10 bits per heavy atom. The Hall–Kier alpha value is -2.23. The summed E-state index contributed by atoms with van der Waals surface area (Å²) in [6, 6.07) is 3.21. The van der Waals surface area contributed by atoms with Crippen LogP contribution >= 0.6 is 0 Å². The number of aryl methyl sites for hydroxylation is 1. The Bertz CT molecular complexity index is 746. The molecule has 1 atom stereocenters. The van der Waals surface area contributed by atoms with Gasteiger partial charge >= 0.3 is 0 Å². The Kier molecular flexibility index (Phi) is 2.64. The molecule has 20 heavy (non-hydrogen) atoms. The number of phenols is 3. The van der Waals surface area contributed by atoms with Gasteiger partial charge in [-0.05, 0) is 37.0 Å². The average molecular weight is 272 g/mol. The molecule has 0 saturated heterocycles. The standard InChI is InChI=1S/C16H16O4/c1-7-3-9-13(11(17)5-7)16(20)14-10(15(9)19)4-8(2)6-12(14)18/h3,5,8,17,19-20H,4,6H2,1-2H3/t8-/m1/s1. The first-order valence-corrected chi connectivity index (χ1v) is 6.63. The molecule has 3 N–H and O–H groups in total. The van der Waals surface area contributed by atoms with E-state index in [1.54, 1.807) is 13.0 Å². The van der Waals surface area contributed by atoms with Crippen LogP contribution in [0.3, 0.4) is 0 Å². The quantitative estimate of drug-likeness (QED) is 0.644. The zero-order valence-corrected chi connectivity index (χ0v) is 11.4. The lowest BCUT2D eigenvalue weighted by atomic mass is 9.81. The van der Waals surface area contributed by atoms with Crippen LogP contribution in [-0.4, -0.2) is 21.1 Å². The lowest BCUT2D eigenvalue weighted by Gasteiger charge is -2.24. The van der Waals surface area contributed by atoms with Crippen LogP contribution in [0.25, 0.3) is 10.8 Å². The van der Waals surface area contributed by atoms with Gasteiger partial charge in [0.1, 0.15) is 17.2 Å². The normalized spacial score (nSPS) is 18.3. The van der Waals surface area contributed by atoms with E-state index in [1.807, 2.05) is 6.92 Å². The molecule has 4 heteroatoms. The van der Waals surface area contributed by atoms with Crippen molar-refractivity contribution in [1.29, 1.82) is 0 Å². The maximum atomic E-state index is 12.1. The first-order chi connectivity index (χ1) is 9.40. The fraction of sp³-hybridized carbons (Fsp3) is 0.312. The van der Waals surface area contributed by atoms with Crippen LogP contribution in [0.2, 0.25) is 0 Å². The van der Waals surface area contributed by atoms with Gasteiger partial charge in [-0.15, -0.1) is 0 Å². The Morgan fingerprint density at radius 2 is 1.80 bits per heavy atom. The second-order valence-corrected chi connectivity index (χ2v) is 5.69. The molecule has 0 fully saturated rings. The van der Waals surface area contributed by atoms with Crippen molar-refractivity contribution >= 4 is 16.6 Å². The zero-order chi connectivity index (χ0) is 14.6. The topological polar surface area (TPSA) is 77.8 Å². The van der Waals surface area contributed by atoms with Gasteiger partial charge in [-0.1, -0.05) is 6.92 Å². The van der Waals surface area contributed by atoms with Gasteiger partial charge in [-0.25, -0.2) is 0 Å². The molecule has 0 amide bonds. The van der Waals surface area contributed by atoms with E-state index in [0.29, 0.717) is 23.8 Å². The molecule has 1 aliphatic rings. The number of fused-ring (bicyclic) bond motifs is 2. The van der Waals surface area contributed by atoms with Crippen LogP contribution in [0.1, 0.15) is 34.8 Å². The maximum Gasteiger partial charge on any atom is 0.167 e. The first-order valence-electron chi connectivity index (χ1n) is 6.63. The fourth-order valence-corrected chi connectivity index (χ4v) is 3.09. The minimum atomic E-state index is -0.220. The van der Waals surface area contributed by atoms with Gasteiger partial charge in [-0.3, -0.25) is 4.79 Å². The largest absolute Gasteiger partial charge is 0.507 e. The maximum absolute atomic E-state index is 12.1. The molecule has 0 bridgehead atoms. The van der Waals surface area contributed by atoms with Crippen LogP contribution in [0.4, 0.5) is 0 Å². The Labute approximate surface area is 116 Å². The highest BCUT2D eigenvalue weighted by Gasteiger charge is 2.30. The van der Waals surface area contributed by atoms with Crippen molar-refractivity contribution < 1.29 is 20.1 Å². The lowest BCUT2D eigenvalue weighted by molar-refractivity contribution is 0.0949. The van der Waals surface area contributed by atoms with Crippen LogP contribution in [0.15, 0.2) is 12.1 Å². The third-order valence-electron chi connectivity index (χ3n) is 3.94. The Balaban J connectivity index is 2.48. The summed E-state index contributed by atoms with van der Waals surface area (Å²) in [7, 11) is 0. The third kappa shape index (κ3) is 1.64. The van der Waals surface area contributed by atoms with Gasteiger partial charge in [0.25, 0.3) is 0 Å². The molecule has 0 heterocycles. The summed E-state index contributed by atoms with van der Waals surface area (Å²) in [4.78, 5) is 12.1. The highest BCUT2D eigenvalue weighted by atomic mass is 16.3. The molecule has 3 rings (SSSR count). The second-order valence-electron chi connectivity index (χ2n) is 5.69. The monoisotopic (exact) mass is 272 g/mol. The number of hydrogen-bond donors (Lipinski definition) is 3. The number of carbonyl (C=O) groups is 1. The minimum Gasteiger partial charge on any atom is -0.507 e. The number of rotatable bonds is 0. The molecule has 0 spiro atoms. The number of phenolic OH excluding ortho intramolecular Hbond substituents is 3. The van der Waals surface area contributed by atoms with Gasteiger partial charge in [0.2, 0.25) is 0 Å². The van der Waals surface area contributed by atoms with Gasteiger partial charge in [0, 0.05) is 17.4 Å². The van der Waals surface area contributed by atoms with E-state index in [9.17, 15) is 20.1 Å². The molecule has 4 nitrogen and oxygen atoms in total. The molecule has 2 aromatic carbocycles. The van der Waals surface area contributed by atoms with Gasteiger partial charge in [0.05, 0.1) is 10.9 Å². The minimum absolute atomic E-state index is 0.00769. The molecule has 0 radical (unpaired) electrons. The van der Waals surface area contributed by atoms with Crippen LogP contribution in [-0.2, 0) is 6.42 Å². The van der Waals surface area contributed by atoms with Crippen molar-refractivity contribution in [2.75, 3.05) is 0 Å². The van der Waals surface area contributed by atoms with Gasteiger partial charge < -0.3 is 15.3 Å². The highest BCUT2D eigenvalue weighted by molar-refractivity contribution is 6.11. The van der Waals surface area contributed by atoms with E-state index in [2.05, 4.69) is 0 Å². The van der Waals surface area contributed by atoms with Crippen molar-refractivity contribution in [3.8, 4) is 17.2 Å². The van der Waals surface area contributed by atoms with Gasteiger partial charge in [0.15, 0.2) is 5.78 Å². The number of benzene rings is 2. The summed E-state index contributed by atoms with van der Waals surface area (Å²) >= 11 is 0. The third-order valence-corrected chi connectivity index (χ3v) is 3.94. The lowest BCUT2D eigenvalue weighted by Crippen LogP contribution is -2.18. The molecule has 0 unspecified atom stereocenters. The smallest absolute Gasteiger partial charge is 0.167 e. The van der Waals surface area contributed by atoms with Crippen molar-refractivity contribution in [2.45, 2.75) is 26.7 Å².